The Morgan fingerprint density at radius 1 is 1.42 bits per heavy atom. The number of amides is 1. The fourth-order valence-electron chi connectivity index (χ4n) is 3.06. The molecule has 1 heterocycles. The van der Waals surface area contributed by atoms with E-state index in [-0.39, 0.29) is 18.9 Å². The van der Waals surface area contributed by atoms with E-state index < -0.39 is 11.6 Å². The first-order chi connectivity index (χ1) is 9.00. The van der Waals surface area contributed by atoms with Crippen molar-refractivity contribution in [3.8, 4) is 0 Å². The second kappa shape index (κ2) is 5.90. The molecule has 1 aliphatic heterocycles. The Balaban J connectivity index is 1.98. The summed E-state index contributed by atoms with van der Waals surface area (Å²) in [5.41, 5.74) is -0.510. The van der Waals surface area contributed by atoms with Gasteiger partial charge in [0.25, 0.3) is 0 Å². The van der Waals surface area contributed by atoms with E-state index in [1.54, 1.807) is 0 Å². The van der Waals surface area contributed by atoms with Gasteiger partial charge in [0.2, 0.25) is 5.91 Å². The monoisotopic (exact) mass is 269 g/mol. The second-order valence-electron chi connectivity index (χ2n) is 5.95. The van der Waals surface area contributed by atoms with E-state index in [1.807, 2.05) is 11.8 Å². The summed E-state index contributed by atoms with van der Waals surface area (Å²) in [4.78, 5) is 24.6. The first kappa shape index (κ1) is 14.3. The van der Waals surface area contributed by atoms with Crippen molar-refractivity contribution >= 4 is 11.9 Å². The Morgan fingerprint density at radius 2 is 2.11 bits per heavy atom. The molecule has 0 bridgehead atoms. The van der Waals surface area contributed by atoms with Gasteiger partial charge < -0.3 is 14.7 Å². The van der Waals surface area contributed by atoms with Crippen LogP contribution in [0.15, 0.2) is 0 Å². The lowest BCUT2D eigenvalue weighted by atomic mass is 9.91. The molecule has 108 valence electrons. The molecule has 1 unspecified atom stereocenters. The van der Waals surface area contributed by atoms with Crippen molar-refractivity contribution in [2.24, 2.45) is 0 Å². The topological polar surface area (TPSA) is 66.8 Å². The number of hydrogen-bond acceptors (Lipinski definition) is 3. The third-order valence-corrected chi connectivity index (χ3v) is 4.25. The van der Waals surface area contributed by atoms with Gasteiger partial charge in [-0.1, -0.05) is 19.3 Å². The summed E-state index contributed by atoms with van der Waals surface area (Å²) in [7, 11) is 0. The highest BCUT2D eigenvalue weighted by atomic mass is 16.5. The zero-order valence-electron chi connectivity index (χ0n) is 11.6. The Morgan fingerprint density at radius 3 is 2.74 bits per heavy atom. The van der Waals surface area contributed by atoms with E-state index in [2.05, 4.69) is 0 Å². The molecule has 2 aliphatic rings. The summed E-state index contributed by atoms with van der Waals surface area (Å²) >= 11 is 0. The maximum Gasteiger partial charge on any atom is 0.303 e. The number of rotatable bonds is 4. The zero-order chi connectivity index (χ0) is 13.9. The van der Waals surface area contributed by atoms with Crippen LogP contribution in [0.4, 0.5) is 0 Å². The van der Waals surface area contributed by atoms with Crippen molar-refractivity contribution in [2.75, 3.05) is 13.2 Å². The van der Waals surface area contributed by atoms with Crippen molar-refractivity contribution in [1.29, 1.82) is 0 Å². The van der Waals surface area contributed by atoms with Crippen LogP contribution < -0.4 is 0 Å². The van der Waals surface area contributed by atoms with E-state index in [0.29, 0.717) is 19.0 Å². The van der Waals surface area contributed by atoms with E-state index in [4.69, 9.17) is 9.84 Å². The van der Waals surface area contributed by atoms with Gasteiger partial charge in [0.15, 0.2) is 0 Å². The number of nitrogens with zero attached hydrogens (tertiary/aromatic N) is 1. The van der Waals surface area contributed by atoms with Crippen LogP contribution in [-0.2, 0) is 14.3 Å². The molecule has 19 heavy (non-hydrogen) atoms. The molecule has 1 aliphatic carbocycles. The molecular weight excluding hydrogens is 246 g/mol. The first-order valence-corrected chi connectivity index (χ1v) is 7.15. The summed E-state index contributed by atoms with van der Waals surface area (Å²) in [6.45, 7) is 2.54. The molecule has 0 aromatic heterocycles. The quantitative estimate of drug-likeness (QED) is 0.845. The number of carbonyl (C=O) groups is 2. The summed E-state index contributed by atoms with van der Waals surface area (Å²) in [6.07, 6.45) is 6.30. The van der Waals surface area contributed by atoms with Gasteiger partial charge in [-0.15, -0.1) is 0 Å². The van der Waals surface area contributed by atoms with Gasteiger partial charge in [-0.2, -0.15) is 0 Å². The Kier molecular flexibility index (Phi) is 4.45. The van der Waals surface area contributed by atoms with Crippen molar-refractivity contribution in [3.05, 3.63) is 0 Å². The van der Waals surface area contributed by atoms with Crippen LogP contribution >= 0.6 is 0 Å². The van der Waals surface area contributed by atoms with Gasteiger partial charge >= 0.3 is 5.97 Å². The minimum absolute atomic E-state index is 0.0553. The van der Waals surface area contributed by atoms with Gasteiger partial charge in [-0.3, -0.25) is 9.59 Å². The van der Waals surface area contributed by atoms with E-state index in [1.165, 1.54) is 19.3 Å². The summed E-state index contributed by atoms with van der Waals surface area (Å²) < 4.78 is 5.59. The number of ether oxygens (including phenoxy) is 1. The van der Waals surface area contributed by atoms with Gasteiger partial charge in [0, 0.05) is 19.0 Å². The average molecular weight is 269 g/mol. The molecule has 0 aromatic carbocycles. The Labute approximate surface area is 113 Å². The normalized spacial score (nSPS) is 29.5. The molecule has 0 spiro atoms. The zero-order valence-corrected chi connectivity index (χ0v) is 11.6. The minimum Gasteiger partial charge on any atom is -0.481 e. The fourth-order valence-corrected chi connectivity index (χ4v) is 3.06. The number of carbonyl (C=O) groups excluding carboxylic acids is 1. The minimum atomic E-state index is -0.814. The van der Waals surface area contributed by atoms with E-state index >= 15 is 0 Å². The standard InChI is InChI=1S/C14H23NO4/c1-14(8-7-13(17)18)10-15(12(16)9-19-14)11-5-3-2-4-6-11/h11H,2-10H2,1H3,(H,17,18). The maximum atomic E-state index is 12.0. The van der Waals surface area contributed by atoms with Crippen LogP contribution in [0, 0.1) is 0 Å². The van der Waals surface area contributed by atoms with Gasteiger partial charge in [0.05, 0.1) is 5.60 Å². The summed E-state index contributed by atoms with van der Waals surface area (Å²) in [5, 5.41) is 8.79. The van der Waals surface area contributed by atoms with Gasteiger partial charge in [-0.25, -0.2) is 0 Å². The molecule has 1 N–H and O–H groups in total. The molecule has 1 amide bonds. The molecule has 2 rings (SSSR count). The van der Waals surface area contributed by atoms with E-state index in [0.717, 1.165) is 12.8 Å². The highest BCUT2D eigenvalue weighted by Crippen LogP contribution is 2.29. The van der Waals surface area contributed by atoms with Crippen molar-refractivity contribution < 1.29 is 19.4 Å². The lowest BCUT2D eigenvalue weighted by Gasteiger charge is -2.44. The maximum absolute atomic E-state index is 12.0. The number of morpholine rings is 1. The molecule has 1 saturated carbocycles. The van der Waals surface area contributed by atoms with Crippen molar-refractivity contribution in [3.63, 3.8) is 0 Å². The number of aliphatic carboxylic acids is 1. The van der Waals surface area contributed by atoms with E-state index in [9.17, 15) is 9.59 Å². The molecule has 1 atom stereocenters. The highest BCUT2D eigenvalue weighted by molar-refractivity contribution is 5.78. The van der Waals surface area contributed by atoms with Crippen LogP contribution in [0.25, 0.3) is 0 Å². The molecule has 0 radical (unpaired) electrons. The van der Waals surface area contributed by atoms with Crippen molar-refractivity contribution in [2.45, 2.75) is 63.5 Å². The predicted octanol–water partition coefficient (Wildman–Crippen LogP) is 1.80. The molecule has 2 fully saturated rings. The predicted molar refractivity (Wildman–Crippen MR) is 69.8 cm³/mol. The summed E-state index contributed by atoms with van der Waals surface area (Å²) in [6, 6.07) is 0.328. The third kappa shape index (κ3) is 3.69. The number of hydrogen-bond donors (Lipinski definition) is 1. The Hall–Kier alpha value is -1.10. The van der Waals surface area contributed by atoms with Crippen LogP contribution in [0.2, 0.25) is 0 Å². The van der Waals surface area contributed by atoms with Crippen LogP contribution in [-0.4, -0.2) is 46.7 Å². The van der Waals surface area contributed by atoms with Crippen LogP contribution in [0.5, 0.6) is 0 Å². The molecule has 5 nitrogen and oxygen atoms in total. The van der Waals surface area contributed by atoms with Crippen molar-refractivity contribution in [1.82, 2.24) is 4.90 Å². The SMILES string of the molecule is CC1(CCC(=O)O)CN(C2CCCCC2)C(=O)CO1. The molecule has 1 saturated heterocycles. The second-order valence-corrected chi connectivity index (χ2v) is 5.95. The first-order valence-electron chi connectivity index (χ1n) is 7.15. The largest absolute Gasteiger partial charge is 0.481 e. The lowest BCUT2D eigenvalue weighted by molar-refractivity contribution is -0.168. The number of carboxylic acid groups (broad SMARTS) is 1. The fraction of sp³-hybridized carbons (Fsp3) is 0.857. The average Bonchev–Trinajstić information content (AvgIpc) is 2.41. The van der Waals surface area contributed by atoms with Crippen LogP contribution in [0.1, 0.15) is 51.9 Å². The molecular formula is C14H23NO4. The molecule has 0 aromatic rings. The van der Waals surface area contributed by atoms with Crippen LogP contribution in [0.3, 0.4) is 0 Å². The lowest BCUT2D eigenvalue weighted by Crippen LogP contribution is -2.56. The summed E-state index contributed by atoms with van der Waals surface area (Å²) in [5.74, 6) is -0.759. The van der Waals surface area contributed by atoms with Gasteiger partial charge in [0.1, 0.15) is 6.61 Å². The molecule has 5 heteroatoms. The third-order valence-electron chi connectivity index (χ3n) is 4.25. The van der Waals surface area contributed by atoms with Gasteiger partial charge in [-0.05, 0) is 26.2 Å². The smallest absolute Gasteiger partial charge is 0.303 e. The Bertz CT molecular complexity index is 351. The highest BCUT2D eigenvalue weighted by Gasteiger charge is 2.39. The number of carboxylic acids is 1.